The highest BCUT2D eigenvalue weighted by Crippen LogP contribution is 2.09. The van der Waals surface area contributed by atoms with Crippen molar-refractivity contribution in [2.75, 3.05) is 19.6 Å². The van der Waals surface area contributed by atoms with Crippen LogP contribution in [0.1, 0.15) is 27.7 Å². The van der Waals surface area contributed by atoms with E-state index in [0.717, 1.165) is 24.1 Å². The predicted molar refractivity (Wildman–Crippen MR) is 43.6 cm³/mol. The lowest BCUT2D eigenvalue weighted by molar-refractivity contribution is -0.964. The zero-order chi connectivity index (χ0) is 8.20. The van der Waals surface area contributed by atoms with Crippen LogP contribution in [-0.2, 0) is 0 Å². The van der Waals surface area contributed by atoms with Crippen molar-refractivity contribution in [3.8, 4) is 0 Å². The molecule has 0 aliphatic rings. The third-order valence-corrected chi connectivity index (χ3v) is 2.68. The Morgan fingerprint density at radius 1 is 1.09 bits per heavy atom. The summed E-state index contributed by atoms with van der Waals surface area (Å²) >= 11 is 0. The maximum absolute atomic E-state index is 9.43. The molecule has 0 bridgehead atoms. The lowest BCUT2D eigenvalue weighted by atomic mass is 10.3. The molecule has 0 heterocycles. The molecular formula is C8H20INO. The molecule has 1 N–H and O–H groups in total. The van der Waals surface area contributed by atoms with E-state index in [2.05, 4.69) is 20.8 Å². The van der Waals surface area contributed by atoms with Gasteiger partial charge in [-0.3, -0.25) is 4.48 Å². The van der Waals surface area contributed by atoms with Gasteiger partial charge >= 0.3 is 0 Å². The number of rotatable bonds is 4. The maximum atomic E-state index is 9.43. The van der Waals surface area contributed by atoms with Crippen molar-refractivity contribution in [3.63, 3.8) is 0 Å². The van der Waals surface area contributed by atoms with Gasteiger partial charge in [0.2, 0.25) is 0 Å². The van der Waals surface area contributed by atoms with Crippen LogP contribution in [0.15, 0.2) is 0 Å². The van der Waals surface area contributed by atoms with Crippen molar-refractivity contribution in [2.24, 2.45) is 0 Å². The molecule has 0 aromatic rings. The topological polar surface area (TPSA) is 20.2 Å². The molecule has 0 rings (SSSR count). The summed E-state index contributed by atoms with van der Waals surface area (Å²) < 4.78 is 0.819. The minimum absolute atomic E-state index is 0. The van der Waals surface area contributed by atoms with E-state index in [4.69, 9.17) is 0 Å². The summed E-state index contributed by atoms with van der Waals surface area (Å²) in [5.74, 6) is 0. The lowest BCUT2D eigenvalue weighted by Gasteiger charge is -2.38. The SMILES string of the molecule is CC[N+](CC)(CC)C(C)O.[I-]. The van der Waals surface area contributed by atoms with Crippen LogP contribution in [0.2, 0.25) is 0 Å². The van der Waals surface area contributed by atoms with E-state index in [1.54, 1.807) is 0 Å². The Bertz CT molecular complexity index is 83.8. The highest BCUT2D eigenvalue weighted by Gasteiger charge is 2.25. The summed E-state index contributed by atoms with van der Waals surface area (Å²) in [6.45, 7) is 11.3. The Hall–Kier alpha value is 0.650. The maximum Gasteiger partial charge on any atom is 0.187 e. The van der Waals surface area contributed by atoms with E-state index >= 15 is 0 Å². The summed E-state index contributed by atoms with van der Waals surface area (Å²) in [6.07, 6.45) is -0.222. The molecule has 0 aromatic carbocycles. The van der Waals surface area contributed by atoms with Crippen LogP contribution in [0.4, 0.5) is 0 Å². The van der Waals surface area contributed by atoms with Gasteiger partial charge in [0.1, 0.15) is 0 Å². The van der Waals surface area contributed by atoms with Crippen LogP contribution in [0.25, 0.3) is 0 Å². The number of aliphatic hydroxyl groups excluding tert-OH is 1. The Kier molecular flexibility index (Phi) is 7.99. The molecule has 0 saturated heterocycles. The minimum atomic E-state index is -0.222. The summed E-state index contributed by atoms with van der Waals surface area (Å²) in [4.78, 5) is 0. The average Bonchev–Trinajstić information content (AvgIpc) is 1.92. The van der Waals surface area contributed by atoms with Crippen LogP contribution in [-0.4, -0.2) is 35.5 Å². The number of quaternary nitrogens is 1. The van der Waals surface area contributed by atoms with E-state index in [-0.39, 0.29) is 30.2 Å². The van der Waals surface area contributed by atoms with Crippen molar-refractivity contribution in [2.45, 2.75) is 33.9 Å². The van der Waals surface area contributed by atoms with Crippen LogP contribution < -0.4 is 24.0 Å². The number of aliphatic hydroxyl groups is 1. The fourth-order valence-electron chi connectivity index (χ4n) is 1.46. The van der Waals surface area contributed by atoms with Crippen molar-refractivity contribution >= 4 is 0 Å². The molecule has 11 heavy (non-hydrogen) atoms. The van der Waals surface area contributed by atoms with E-state index in [0.29, 0.717) is 0 Å². The van der Waals surface area contributed by atoms with Gasteiger partial charge in [-0.05, 0) is 20.8 Å². The van der Waals surface area contributed by atoms with Crippen molar-refractivity contribution in [3.05, 3.63) is 0 Å². The highest BCUT2D eigenvalue weighted by molar-refractivity contribution is 4.36. The Balaban J connectivity index is 0. The molecule has 0 fully saturated rings. The molecule has 0 amide bonds. The molecule has 0 radical (unpaired) electrons. The molecule has 0 aliphatic carbocycles. The van der Waals surface area contributed by atoms with Crippen molar-refractivity contribution in [1.29, 1.82) is 0 Å². The quantitative estimate of drug-likeness (QED) is 0.364. The fraction of sp³-hybridized carbons (Fsp3) is 1.00. The normalized spacial score (nSPS) is 13.9. The van der Waals surface area contributed by atoms with E-state index < -0.39 is 0 Å². The summed E-state index contributed by atoms with van der Waals surface area (Å²) in [6, 6.07) is 0. The largest absolute Gasteiger partial charge is 1.00 e. The summed E-state index contributed by atoms with van der Waals surface area (Å²) in [5, 5.41) is 9.43. The molecular weight excluding hydrogens is 253 g/mol. The van der Waals surface area contributed by atoms with E-state index in [1.807, 2.05) is 6.92 Å². The van der Waals surface area contributed by atoms with Crippen molar-refractivity contribution < 1.29 is 33.6 Å². The third kappa shape index (κ3) is 3.25. The van der Waals surface area contributed by atoms with Gasteiger partial charge < -0.3 is 29.1 Å². The summed E-state index contributed by atoms with van der Waals surface area (Å²) in [7, 11) is 0. The Morgan fingerprint density at radius 3 is 1.36 bits per heavy atom. The average molecular weight is 273 g/mol. The van der Waals surface area contributed by atoms with E-state index in [9.17, 15) is 5.11 Å². The molecule has 2 nitrogen and oxygen atoms in total. The first-order chi connectivity index (χ1) is 4.63. The van der Waals surface area contributed by atoms with E-state index in [1.165, 1.54) is 0 Å². The zero-order valence-electron chi connectivity index (χ0n) is 7.97. The second kappa shape index (κ2) is 6.20. The predicted octanol–water partition coefficient (Wildman–Crippen LogP) is -1.79. The molecule has 1 unspecified atom stereocenters. The number of hydrogen-bond donors (Lipinski definition) is 1. The number of nitrogens with zero attached hydrogens (tertiary/aromatic N) is 1. The monoisotopic (exact) mass is 273 g/mol. The Morgan fingerprint density at radius 2 is 1.36 bits per heavy atom. The molecule has 0 saturated carbocycles. The zero-order valence-corrected chi connectivity index (χ0v) is 10.1. The van der Waals surface area contributed by atoms with Crippen LogP contribution in [0, 0.1) is 0 Å². The molecule has 0 spiro atoms. The molecule has 70 valence electrons. The smallest absolute Gasteiger partial charge is 0.187 e. The van der Waals surface area contributed by atoms with Gasteiger partial charge in [-0.25, -0.2) is 0 Å². The number of hydrogen-bond acceptors (Lipinski definition) is 1. The molecule has 3 heteroatoms. The highest BCUT2D eigenvalue weighted by atomic mass is 127. The van der Waals surface area contributed by atoms with Gasteiger partial charge in [0, 0.05) is 6.92 Å². The molecule has 0 aromatic heterocycles. The molecule has 0 aliphatic heterocycles. The van der Waals surface area contributed by atoms with Gasteiger partial charge in [0.15, 0.2) is 6.23 Å². The fourth-order valence-corrected chi connectivity index (χ4v) is 1.46. The third-order valence-electron chi connectivity index (χ3n) is 2.68. The van der Waals surface area contributed by atoms with Gasteiger partial charge in [0.25, 0.3) is 0 Å². The number of halogens is 1. The first-order valence-corrected chi connectivity index (χ1v) is 4.16. The van der Waals surface area contributed by atoms with Gasteiger partial charge in [-0.1, -0.05) is 0 Å². The Labute approximate surface area is 87.2 Å². The lowest BCUT2D eigenvalue weighted by Crippen LogP contribution is -3.00. The van der Waals surface area contributed by atoms with Gasteiger partial charge in [-0.2, -0.15) is 0 Å². The van der Waals surface area contributed by atoms with Crippen LogP contribution in [0.5, 0.6) is 0 Å². The summed E-state index contributed by atoms with van der Waals surface area (Å²) in [5.41, 5.74) is 0. The van der Waals surface area contributed by atoms with Crippen LogP contribution >= 0.6 is 0 Å². The van der Waals surface area contributed by atoms with Crippen molar-refractivity contribution in [1.82, 2.24) is 0 Å². The van der Waals surface area contributed by atoms with Crippen LogP contribution in [0.3, 0.4) is 0 Å². The van der Waals surface area contributed by atoms with Gasteiger partial charge in [-0.15, -0.1) is 0 Å². The second-order valence-electron chi connectivity index (χ2n) is 2.80. The standard InChI is InChI=1S/C8H20NO.HI/c1-5-9(6-2,7-3)8(4)10;/h8,10H,5-7H2,1-4H3;1H/q+1;/p-1. The second-order valence-corrected chi connectivity index (χ2v) is 2.80. The first-order valence-electron chi connectivity index (χ1n) is 4.16. The minimum Gasteiger partial charge on any atom is -1.00 e. The molecule has 1 atom stereocenters. The van der Waals surface area contributed by atoms with Gasteiger partial charge in [0.05, 0.1) is 19.6 Å². The first kappa shape index (κ1) is 14.2.